The van der Waals surface area contributed by atoms with E-state index in [1.54, 1.807) is 11.3 Å². The highest BCUT2D eigenvalue weighted by molar-refractivity contribution is 7.11. The molecule has 6 heteroatoms. The molecule has 2 N–H and O–H groups in total. The lowest BCUT2D eigenvalue weighted by molar-refractivity contribution is -0.126. The predicted molar refractivity (Wildman–Crippen MR) is 95.4 cm³/mol. The Hall–Kier alpha value is -2.21. The first-order valence-electron chi connectivity index (χ1n) is 8.20. The average Bonchev–Trinajstić information content (AvgIpc) is 2.93. The molecular weight excluding hydrogens is 322 g/mol. The topological polar surface area (TPSA) is 71.1 Å². The normalized spacial score (nSPS) is 16.4. The van der Waals surface area contributed by atoms with Crippen molar-refractivity contribution in [3.8, 4) is 0 Å². The first-order valence-corrected chi connectivity index (χ1v) is 9.01. The second-order valence-electron chi connectivity index (χ2n) is 5.90. The first kappa shape index (κ1) is 16.6. The third kappa shape index (κ3) is 3.48. The lowest BCUT2D eigenvalue weighted by atomic mass is 9.90. The second-order valence-corrected chi connectivity index (χ2v) is 7.18. The molecule has 0 bridgehead atoms. The van der Waals surface area contributed by atoms with Gasteiger partial charge in [-0.25, -0.2) is 4.98 Å². The maximum atomic E-state index is 12.5. The van der Waals surface area contributed by atoms with Crippen molar-refractivity contribution in [3.63, 3.8) is 0 Å². The molecule has 1 aliphatic rings. The standard InChI is InChI=1S/C18H21N3O2S/c1-3-14-11(2)24-17(21-14)8-9-19-18(23)13-10-16(22)20-15-7-5-4-6-12(13)15/h4-7,13H,3,8-10H2,1-2H3,(H,19,23)(H,20,22)/t13-/m0/s1. The second kappa shape index (κ2) is 7.13. The Morgan fingerprint density at radius 1 is 1.42 bits per heavy atom. The lowest BCUT2D eigenvalue weighted by Gasteiger charge is -2.24. The van der Waals surface area contributed by atoms with E-state index < -0.39 is 5.92 Å². The molecule has 0 saturated heterocycles. The number of hydrogen-bond acceptors (Lipinski definition) is 4. The number of nitrogens with zero attached hydrogens (tertiary/aromatic N) is 1. The molecule has 2 aromatic rings. The molecule has 1 aromatic carbocycles. The fraction of sp³-hybridized carbons (Fsp3) is 0.389. The number of carbonyl (C=O) groups is 2. The Balaban J connectivity index is 1.62. The molecule has 0 unspecified atom stereocenters. The van der Waals surface area contributed by atoms with E-state index in [4.69, 9.17) is 0 Å². The summed E-state index contributed by atoms with van der Waals surface area (Å²) in [5, 5.41) is 6.82. The average molecular weight is 343 g/mol. The molecule has 1 aromatic heterocycles. The number of amides is 2. The summed E-state index contributed by atoms with van der Waals surface area (Å²) >= 11 is 1.69. The minimum atomic E-state index is -0.417. The van der Waals surface area contributed by atoms with Crippen LogP contribution in [0.4, 0.5) is 5.69 Å². The van der Waals surface area contributed by atoms with Gasteiger partial charge in [0, 0.05) is 30.0 Å². The molecule has 2 heterocycles. The number of nitrogens with one attached hydrogen (secondary N) is 2. The highest BCUT2D eigenvalue weighted by Gasteiger charge is 2.30. The van der Waals surface area contributed by atoms with Crippen LogP contribution in [0.1, 0.15) is 40.4 Å². The summed E-state index contributed by atoms with van der Waals surface area (Å²) in [4.78, 5) is 30.2. The molecular formula is C18H21N3O2S. The monoisotopic (exact) mass is 343 g/mol. The van der Waals surface area contributed by atoms with E-state index in [1.807, 2.05) is 24.3 Å². The molecule has 0 aliphatic carbocycles. The van der Waals surface area contributed by atoms with Crippen LogP contribution in [0.25, 0.3) is 0 Å². The lowest BCUT2D eigenvalue weighted by Crippen LogP contribution is -2.35. The Kier molecular flexibility index (Phi) is 4.94. The van der Waals surface area contributed by atoms with Gasteiger partial charge in [-0.05, 0) is 25.0 Å². The number of hydrogen-bond donors (Lipinski definition) is 2. The Morgan fingerprint density at radius 2 is 2.21 bits per heavy atom. The van der Waals surface area contributed by atoms with Crippen molar-refractivity contribution in [2.75, 3.05) is 11.9 Å². The van der Waals surface area contributed by atoms with Crippen LogP contribution in [-0.2, 0) is 22.4 Å². The van der Waals surface area contributed by atoms with Gasteiger partial charge < -0.3 is 10.6 Å². The molecule has 24 heavy (non-hydrogen) atoms. The van der Waals surface area contributed by atoms with E-state index in [2.05, 4.69) is 29.5 Å². The molecule has 1 aliphatic heterocycles. The first-order chi connectivity index (χ1) is 11.6. The van der Waals surface area contributed by atoms with Crippen LogP contribution in [0.3, 0.4) is 0 Å². The fourth-order valence-electron chi connectivity index (χ4n) is 2.98. The fourth-order valence-corrected chi connectivity index (χ4v) is 4.00. The Morgan fingerprint density at radius 3 is 2.96 bits per heavy atom. The molecule has 0 fully saturated rings. The Labute approximate surface area is 145 Å². The maximum absolute atomic E-state index is 12.5. The summed E-state index contributed by atoms with van der Waals surface area (Å²) in [6, 6.07) is 7.48. The van der Waals surface area contributed by atoms with Crippen molar-refractivity contribution in [2.24, 2.45) is 0 Å². The number of aryl methyl sites for hydroxylation is 2. The van der Waals surface area contributed by atoms with Crippen LogP contribution in [0, 0.1) is 6.92 Å². The number of benzene rings is 1. The minimum absolute atomic E-state index is 0.0960. The van der Waals surface area contributed by atoms with Crippen LogP contribution in [0.5, 0.6) is 0 Å². The molecule has 126 valence electrons. The van der Waals surface area contributed by atoms with E-state index >= 15 is 0 Å². The largest absolute Gasteiger partial charge is 0.355 e. The van der Waals surface area contributed by atoms with E-state index in [1.165, 1.54) is 4.88 Å². The number of aromatic nitrogens is 1. The number of carbonyl (C=O) groups excluding carboxylic acids is 2. The van der Waals surface area contributed by atoms with E-state index in [-0.39, 0.29) is 18.2 Å². The van der Waals surface area contributed by atoms with Crippen molar-refractivity contribution in [1.82, 2.24) is 10.3 Å². The van der Waals surface area contributed by atoms with E-state index in [9.17, 15) is 9.59 Å². The van der Waals surface area contributed by atoms with Gasteiger partial charge in [-0.1, -0.05) is 25.1 Å². The minimum Gasteiger partial charge on any atom is -0.355 e. The van der Waals surface area contributed by atoms with Gasteiger partial charge in [0.1, 0.15) is 0 Å². The zero-order valence-electron chi connectivity index (χ0n) is 13.9. The predicted octanol–water partition coefficient (Wildman–Crippen LogP) is 2.80. The van der Waals surface area contributed by atoms with Gasteiger partial charge in [0.2, 0.25) is 11.8 Å². The van der Waals surface area contributed by atoms with Gasteiger partial charge in [0.05, 0.1) is 16.6 Å². The maximum Gasteiger partial charge on any atom is 0.228 e. The molecule has 1 atom stereocenters. The van der Waals surface area contributed by atoms with E-state index in [0.29, 0.717) is 6.54 Å². The highest BCUT2D eigenvalue weighted by Crippen LogP contribution is 2.31. The van der Waals surface area contributed by atoms with E-state index in [0.717, 1.165) is 34.8 Å². The van der Waals surface area contributed by atoms with Crippen LogP contribution in [0.15, 0.2) is 24.3 Å². The number of thiazole rings is 1. The van der Waals surface area contributed by atoms with Gasteiger partial charge in [-0.3, -0.25) is 9.59 Å². The third-order valence-electron chi connectivity index (χ3n) is 4.23. The number of para-hydroxylation sites is 1. The SMILES string of the molecule is CCc1nc(CCNC(=O)[C@H]2CC(=O)Nc3ccccc32)sc1C. The summed E-state index contributed by atoms with van der Waals surface area (Å²) in [5.74, 6) is -0.627. The van der Waals surface area contributed by atoms with Crippen LogP contribution in [0.2, 0.25) is 0 Å². The van der Waals surface area contributed by atoms with Crippen LogP contribution in [-0.4, -0.2) is 23.3 Å². The summed E-state index contributed by atoms with van der Waals surface area (Å²) in [5.41, 5.74) is 2.75. The number of anilines is 1. The van der Waals surface area contributed by atoms with Crippen LogP contribution >= 0.6 is 11.3 Å². The summed E-state index contributed by atoms with van der Waals surface area (Å²) < 4.78 is 0. The van der Waals surface area contributed by atoms with Crippen molar-refractivity contribution >= 4 is 28.8 Å². The zero-order chi connectivity index (χ0) is 17.1. The van der Waals surface area contributed by atoms with Crippen molar-refractivity contribution in [2.45, 2.75) is 39.0 Å². The van der Waals surface area contributed by atoms with Crippen LogP contribution < -0.4 is 10.6 Å². The van der Waals surface area contributed by atoms with Gasteiger partial charge in [-0.2, -0.15) is 0 Å². The molecule has 3 rings (SSSR count). The molecule has 0 radical (unpaired) electrons. The van der Waals surface area contributed by atoms with Crippen molar-refractivity contribution in [3.05, 3.63) is 45.4 Å². The molecule has 5 nitrogen and oxygen atoms in total. The summed E-state index contributed by atoms with van der Waals surface area (Å²) in [6.07, 6.45) is 1.85. The Bertz CT molecular complexity index is 769. The molecule has 2 amide bonds. The van der Waals surface area contributed by atoms with Gasteiger partial charge in [0.15, 0.2) is 0 Å². The van der Waals surface area contributed by atoms with Crippen molar-refractivity contribution < 1.29 is 9.59 Å². The summed E-state index contributed by atoms with van der Waals surface area (Å²) in [6.45, 7) is 4.71. The zero-order valence-corrected chi connectivity index (χ0v) is 14.7. The van der Waals surface area contributed by atoms with Gasteiger partial charge in [0.25, 0.3) is 0 Å². The van der Waals surface area contributed by atoms with Gasteiger partial charge in [-0.15, -0.1) is 11.3 Å². The smallest absolute Gasteiger partial charge is 0.228 e. The molecule has 0 saturated carbocycles. The molecule has 0 spiro atoms. The quantitative estimate of drug-likeness (QED) is 0.877. The highest BCUT2D eigenvalue weighted by atomic mass is 32.1. The number of fused-ring (bicyclic) bond motifs is 1. The van der Waals surface area contributed by atoms with Crippen molar-refractivity contribution in [1.29, 1.82) is 0 Å². The summed E-state index contributed by atoms with van der Waals surface area (Å²) in [7, 11) is 0. The third-order valence-corrected chi connectivity index (χ3v) is 5.30. The number of rotatable bonds is 5. The van der Waals surface area contributed by atoms with Gasteiger partial charge >= 0.3 is 0 Å².